The smallest absolute Gasteiger partial charge is 0.268 e. The molecule has 0 aromatic carbocycles. The number of carbonyl (C=O) groups excluding carboxylic acids is 1. The van der Waals surface area contributed by atoms with Crippen molar-refractivity contribution in [1.82, 2.24) is 5.32 Å². The first-order chi connectivity index (χ1) is 32.5. The van der Waals surface area contributed by atoms with Crippen molar-refractivity contribution >= 4 is 13.7 Å². The second kappa shape index (κ2) is 49.7. The highest BCUT2D eigenvalue weighted by atomic mass is 31.2. The lowest BCUT2D eigenvalue weighted by molar-refractivity contribution is -0.870. The Morgan fingerprint density at radius 2 is 0.836 bits per heavy atom. The zero-order valence-corrected chi connectivity index (χ0v) is 46.0. The number of rotatable bonds is 53. The van der Waals surface area contributed by atoms with Crippen molar-refractivity contribution in [1.29, 1.82) is 0 Å². The SMILES string of the molecule is CCCCCCCC/C=C\CCCCCCCC(=O)NC(COP(=O)([O-])OCC[N+](C)(C)C)C(O)/C=C/CC/C=C/CCCCCCCCCCCCCCCCCCCCCCCCCC. The van der Waals surface area contributed by atoms with Crippen LogP contribution < -0.4 is 10.2 Å². The predicted molar refractivity (Wildman–Crippen MR) is 288 cm³/mol. The van der Waals surface area contributed by atoms with E-state index in [0.29, 0.717) is 17.4 Å². The van der Waals surface area contributed by atoms with Crippen LogP contribution in [0.25, 0.3) is 0 Å². The Morgan fingerprint density at radius 1 is 0.507 bits per heavy atom. The van der Waals surface area contributed by atoms with Crippen LogP contribution >= 0.6 is 7.82 Å². The van der Waals surface area contributed by atoms with E-state index in [-0.39, 0.29) is 12.5 Å². The summed E-state index contributed by atoms with van der Waals surface area (Å²) >= 11 is 0. The van der Waals surface area contributed by atoms with Gasteiger partial charge in [-0.2, -0.15) is 0 Å². The van der Waals surface area contributed by atoms with E-state index in [0.717, 1.165) is 51.4 Å². The third-order valence-electron chi connectivity index (χ3n) is 13.1. The number of nitrogens with one attached hydrogen (secondary N) is 1. The van der Waals surface area contributed by atoms with Crippen LogP contribution in [-0.4, -0.2) is 68.5 Å². The van der Waals surface area contributed by atoms with Crippen LogP contribution in [-0.2, 0) is 18.4 Å². The minimum absolute atomic E-state index is 0.00751. The molecule has 0 rings (SSSR count). The van der Waals surface area contributed by atoms with E-state index in [9.17, 15) is 19.4 Å². The number of amides is 1. The molecule has 2 N–H and O–H groups in total. The number of carbonyl (C=O) groups is 1. The van der Waals surface area contributed by atoms with Crippen molar-refractivity contribution in [2.75, 3.05) is 40.9 Å². The highest BCUT2D eigenvalue weighted by Gasteiger charge is 2.23. The quantitative estimate of drug-likeness (QED) is 0.0272. The number of quaternary nitrogens is 1. The number of unbranched alkanes of at least 4 members (excludes halogenated alkanes) is 36. The normalized spacial score (nSPS) is 14.2. The van der Waals surface area contributed by atoms with Gasteiger partial charge in [-0.15, -0.1) is 0 Å². The Morgan fingerprint density at radius 3 is 1.21 bits per heavy atom. The number of aliphatic hydroxyl groups excluding tert-OH is 1. The largest absolute Gasteiger partial charge is 0.756 e. The summed E-state index contributed by atoms with van der Waals surface area (Å²) in [6.07, 6.45) is 63.8. The Bertz CT molecular complexity index is 1190. The Balaban J connectivity index is 4.17. The molecule has 0 aliphatic rings. The molecule has 0 saturated carbocycles. The van der Waals surface area contributed by atoms with Gasteiger partial charge in [0, 0.05) is 6.42 Å². The zero-order valence-electron chi connectivity index (χ0n) is 45.1. The van der Waals surface area contributed by atoms with Gasteiger partial charge in [0.2, 0.25) is 5.91 Å². The number of likely N-dealkylation sites (N-methyl/N-ethyl adjacent to an activating group) is 1. The lowest BCUT2D eigenvalue weighted by atomic mass is 10.0. The van der Waals surface area contributed by atoms with Crippen LogP contribution in [0, 0.1) is 0 Å². The van der Waals surface area contributed by atoms with Gasteiger partial charge in [-0.3, -0.25) is 9.36 Å². The van der Waals surface area contributed by atoms with Gasteiger partial charge < -0.3 is 28.8 Å². The van der Waals surface area contributed by atoms with Crippen LogP contribution in [0.4, 0.5) is 0 Å². The van der Waals surface area contributed by atoms with Crippen molar-refractivity contribution in [2.45, 2.75) is 289 Å². The first-order valence-corrected chi connectivity index (χ1v) is 30.3. The van der Waals surface area contributed by atoms with Crippen molar-refractivity contribution < 1.29 is 32.9 Å². The number of nitrogens with zero attached hydrogens (tertiary/aromatic N) is 1. The molecule has 3 atom stereocenters. The van der Waals surface area contributed by atoms with Gasteiger partial charge in [-0.1, -0.05) is 249 Å². The van der Waals surface area contributed by atoms with E-state index < -0.39 is 26.6 Å². The molecule has 0 aliphatic heterocycles. The summed E-state index contributed by atoms with van der Waals surface area (Å²) in [7, 11) is 1.24. The molecule has 0 aliphatic carbocycles. The maximum absolute atomic E-state index is 12.9. The van der Waals surface area contributed by atoms with Crippen LogP contribution in [0.2, 0.25) is 0 Å². The number of hydrogen-bond acceptors (Lipinski definition) is 6. The molecule has 0 saturated heterocycles. The number of allylic oxidation sites excluding steroid dienone is 5. The number of phosphoric ester groups is 1. The van der Waals surface area contributed by atoms with Crippen LogP contribution in [0.5, 0.6) is 0 Å². The molecule has 67 heavy (non-hydrogen) atoms. The highest BCUT2D eigenvalue weighted by molar-refractivity contribution is 7.45. The average Bonchev–Trinajstić information content (AvgIpc) is 3.29. The van der Waals surface area contributed by atoms with Gasteiger partial charge in [-0.05, 0) is 57.8 Å². The summed E-state index contributed by atoms with van der Waals surface area (Å²) in [5.41, 5.74) is 0. The van der Waals surface area contributed by atoms with Gasteiger partial charge in [0.05, 0.1) is 39.9 Å². The molecule has 0 heterocycles. The Hall–Kier alpha value is -1.28. The molecule has 396 valence electrons. The number of aliphatic hydroxyl groups is 1. The first kappa shape index (κ1) is 65.7. The topological polar surface area (TPSA) is 108 Å². The fourth-order valence-corrected chi connectivity index (χ4v) is 9.24. The number of phosphoric acid groups is 1. The molecular weight excluding hydrogens is 852 g/mol. The van der Waals surface area contributed by atoms with E-state index in [1.165, 1.54) is 205 Å². The lowest BCUT2D eigenvalue weighted by Gasteiger charge is -2.29. The molecule has 1 amide bonds. The summed E-state index contributed by atoms with van der Waals surface area (Å²) in [4.78, 5) is 25.4. The molecule has 0 spiro atoms. The molecule has 0 radical (unpaired) electrons. The predicted octanol–water partition coefficient (Wildman–Crippen LogP) is 16.7. The summed E-state index contributed by atoms with van der Waals surface area (Å²) in [5.74, 6) is -0.214. The molecule has 3 unspecified atom stereocenters. The summed E-state index contributed by atoms with van der Waals surface area (Å²) in [5, 5.41) is 13.8. The fourth-order valence-electron chi connectivity index (χ4n) is 8.52. The molecule has 0 fully saturated rings. The molecular formula is C58H113N2O6P. The third kappa shape index (κ3) is 52.4. The van der Waals surface area contributed by atoms with E-state index in [1.54, 1.807) is 6.08 Å². The summed E-state index contributed by atoms with van der Waals surface area (Å²) < 4.78 is 23.3. The van der Waals surface area contributed by atoms with E-state index >= 15 is 0 Å². The molecule has 0 aromatic rings. The first-order valence-electron chi connectivity index (χ1n) is 28.9. The average molecular weight is 966 g/mol. The minimum Gasteiger partial charge on any atom is -0.756 e. The maximum Gasteiger partial charge on any atom is 0.268 e. The molecule has 8 nitrogen and oxygen atoms in total. The zero-order chi connectivity index (χ0) is 49.2. The van der Waals surface area contributed by atoms with Gasteiger partial charge in [0.15, 0.2) is 0 Å². The van der Waals surface area contributed by atoms with Crippen molar-refractivity contribution in [2.24, 2.45) is 0 Å². The molecule has 0 aromatic heterocycles. The summed E-state index contributed by atoms with van der Waals surface area (Å²) in [6.45, 7) is 4.64. The second-order valence-electron chi connectivity index (χ2n) is 21.0. The van der Waals surface area contributed by atoms with Gasteiger partial charge >= 0.3 is 0 Å². The van der Waals surface area contributed by atoms with Crippen LogP contribution in [0.3, 0.4) is 0 Å². The fraction of sp³-hybridized carbons (Fsp3) is 0.879. The van der Waals surface area contributed by atoms with Gasteiger partial charge in [-0.25, -0.2) is 0 Å². The highest BCUT2D eigenvalue weighted by Crippen LogP contribution is 2.38. The maximum atomic E-state index is 12.9. The van der Waals surface area contributed by atoms with Crippen molar-refractivity contribution in [3.63, 3.8) is 0 Å². The van der Waals surface area contributed by atoms with Crippen molar-refractivity contribution in [3.05, 3.63) is 36.5 Å². The molecule has 0 bridgehead atoms. The van der Waals surface area contributed by atoms with E-state index in [4.69, 9.17) is 9.05 Å². The standard InChI is InChI=1S/C58H113N2O6P/c1-6-8-10-12-14-16-18-20-22-23-24-25-26-27-28-29-30-31-32-33-34-35-36-38-39-41-43-45-47-49-51-57(61)56(55-66-67(63,64)65-54-53-60(3,4)5)59-58(62)52-50-48-46-44-42-40-37-21-19-17-15-13-11-9-7-2/h21,37,41,43,49,51,56-57,61H,6-20,22-36,38-40,42,44-48,50,52-55H2,1-5H3,(H-,59,62,63,64)/b37-21-,43-41+,51-49+. The van der Waals surface area contributed by atoms with E-state index in [1.807, 2.05) is 27.2 Å². The molecule has 9 heteroatoms. The minimum atomic E-state index is -4.60. The number of hydrogen-bond donors (Lipinski definition) is 2. The summed E-state index contributed by atoms with van der Waals surface area (Å²) in [6, 6.07) is -0.907. The lowest BCUT2D eigenvalue weighted by Crippen LogP contribution is -2.45. The Labute approximate surface area is 417 Å². The van der Waals surface area contributed by atoms with E-state index in [2.05, 4.69) is 43.5 Å². The Kier molecular flexibility index (Phi) is 48.7. The van der Waals surface area contributed by atoms with Gasteiger partial charge in [0.25, 0.3) is 7.82 Å². The van der Waals surface area contributed by atoms with Crippen molar-refractivity contribution in [3.8, 4) is 0 Å². The van der Waals surface area contributed by atoms with Crippen LogP contribution in [0.15, 0.2) is 36.5 Å². The monoisotopic (exact) mass is 965 g/mol. The van der Waals surface area contributed by atoms with Crippen LogP contribution in [0.1, 0.15) is 277 Å². The van der Waals surface area contributed by atoms with Gasteiger partial charge in [0.1, 0.15) is 13.2 Å². The third-order valence-corrected chi connectivity index (χ3v) is 14.0. The second-order valence-corrected chi connectivity index (χ2v) is 22.4.